The number of aliphatic imine (C=N–C) groups is 1. The number of thiazole rings is 1. The summed E-state index contributed by atoms with van der Waals surface area (Å²) in [5, 5.41) is 9.65. The zero-order chi connectivity index (χ0) is 16.2. The van der Waals surface area contributed by atoms with Crippen molar-refractivity contribution < 1.29 is 9.53 Å². The van der Waals surface area contributed by atoms with E-state index in [1.54, 1.807) is 11.3 Å². The first kappa shape index (κ1) is 22.1. The molecule has 1 rings (SSSR count). The SMILES string of the molecule is CCNC(=NCCCC(=O)OCC)NCCc1csc(C)n1.I. The summed E-state index contributed by atoms with van der Waals surface area (Å²) in [6.45, 7) is 8.47. The lowest BCUT2D eigenvalue weighted by Crippen LogP contribution is -2.38. The maximum absolute atomic E-state index is 11.2. The number of nitrogens with zero attached hydrogens (tertiary/aromatic N) is 2. The van der Waals surface area contributed by atoms with Gasteiger partial charge in [0.05, 0.1) is 17.3 Å². The molecule has 1 aromatic heterocycles. The topological polar surface area (TPSA) is 75.6 Å². The average Bonchev–Trinajstić information content (AvgIpc) is 2.89. The highest BCUT2D eigenvalue weighted by molar-refractivity contribution is 14.0. The molecule has 0 amide bonds. The number of carbonyl (C=O) groups excluding carboxylic acids is 1. The fraction of sp³-hybridized carbons (Fsp3) is 0.667. The summed E-state index contributed by atoms with van der Waals surface area (Å²) in [7, 11) is 0. The molecule has 1 heterocycles. The number of hydrogen-bond acceptors (Lipinski definition) is 5. The summed E-state index contributed by atoms with van der Waals surface area (Å²) in [6.07, 6.45) is 1.98. The van der Waals surface area contributed by atoms with Crippen molar-refractivity contribution >= 4 is 47.2 Å². The Kier molecular flexibility index (Phi) is 13.0. The van der Waals surface area contributed by atoms with Crippen LogP contribution in [0.1, 0.15) is 37.4 Å². The fourth-order valence-electron chi connectivity index (χ4n) is 1.82. The maximum Gasteiger partial charge on any atom is 0.305 e. The van der Waals surface area contributed by atoms with Crippen LogP contribution in [0.2, 0.25) is 0 Å². The minimum Gasteiger partial charge on any atom is -0.466 e. The van der Waals surface area contributed by atoms with Gasteiger partial charge in [0.25, 0.3) is 0 Å². The molecule has 0 saturated heterocycles. The van der Waals surface area contributed by atoms with E-state index in [2.05, 4.69) is 26.0 Å². The third-order valence-electron chi connectivity index (χ3n) is 2.80. The van der Waals surface area contributed by atoms with E-state index >= 15 is 0 Å². The van der Waals surface area contributed by atoms with Crippen LogP contribution in [-0.2, 0) is 16.0 Å². The number of aromatic nitrogens is 1. The van der Waals surface area contributed by atoms with Gasteiger partial charge in [0.1, 0.15) is 0 Å². The summed E-state index contributed by atoms with van der Waals surface area (Å²) < 4.78 is 4.89. The van der Waals surface area contributed by atoms with Crippen LogP contribution in [0, 0.1) is 6.92 Å². The highest BCUT2D eigenvalue weighted by Gasteiger charge is 2.02. The van der Waals surface area contributed by atoms with Crippen molar-refractivity contribution in [1.82, 2.24) is 15.6 Å². The summed E-state index contributed by atoms with van der Waals surface area (Å²) >= 11 is 1.67. The molecule has 0 unspecified atom stereocenters. The molecular formula is C15H27IN4O2S. The minimum absolute atomic E-state index is 0. The summed E-state index contributed by atoms with van der Waals surface area (Å²) in [4.78, 5) is 20.1. The molecule has 2 N–H and O–H groups in total. The van der Waals surface area contributed by atoms with Crippen molar-refractivity contribution in [1.29, 1.82) is 0 Å². The van der Waals surface area contributed by atoms with Crippen LogP contribution in [0.5, 0.6) is 0 Å². The number of guanidine groups is 1. The molecule has 0 aliphatic rings. The van der Waals surface area contributed by atoms with Crippen LogP contribution in [0.4, 0.5) is 0 Å². The summed E-state index contributed by atoms with van der Waals surface area (Å²) in [5.41, 5.74) is 1.10. The van der Waals surface area contributed by atoms with E-state index in [1.165, 1.54) is 0 Å². The number of aryl methyl sites for hydroxylation is 1. The Labute approximate surface area is 159 Å². The second kappa shape index (κ2) is 13.5. The Balaban J connectivity index is 0.00000484. The molecule has 0 radical (unpaired) electrons. The number of rotatable bonds is 9. The fourth-order valence-corrected chi connectivity index (χ4v) is 2.47. The zero-order valence-corrected chi connectivity index (χ0v) is 17.2. The van der Waals surface area contributed by atoms with E-state index in [-0.39, 0.29) is 29.9 Å². The third-order valence-corrected chi connectivity index (χ3v) is 3.62. The van der Waals surface area contributed by atoms with Crippen molar-refractivity contribution in [3.63, 3.8) is 0 Å². The Hall–Kier alpha value is -0.900. The van der Waals surface area contributed by atoms with Gasteiger partial charge in [-0.25, -0.2) is 4.98 Å². The van der Waals surface area contributed by atoms with Gasteiger partial charge in [0.15, 0.2) is 5.96 Å². The van der Waals surface area contributed by atoms with Crippen LogP contribution in [0.15, 0.2) is 10.4 Å². The number of hydrogen-bond donors (Lipinski definition) is 2. The van der Waals surface area contributed by atoms with Gasteiger partial charge in [-0.15, -0.1) is 35.3 Å². The largest absolute Gasteiger partial charge is 0.466 e. The predicted molar refractivity (Wildman–Crippen MR) is 106 cm³/mol. The first-order valence-corrected chi connectivity index (χ1v) is 8.62. The second-order valence-corrected chi connectivity index (χ2v) is 5.77. The maximum atomic E-state index is 11.2. The number of ether oxygens (including phenoxy) is 1. The molecule has 0 saturated carbocycles. The van der Waals surface area contributed by atoms with E-state index in [4.69, 9.17) is 4.74 Å². The van der Waals surface area contributed by atoms with Crippen molar-refractivity contribution in [2.24, 2.45) is 4.99 Å². The Bertz CT molecular complexity index is 480. The monoisotopic (exact) mass is 454 g/mol. The van der Waals surface area contributed by atoms with Gasteiger partial charge < -0.3 is 15.4 Å². The van der Waals surface area contributed by atoms with Crippen LogP contribution in [0.3, 0.4) is 0 Å². The highest BCUT2D eigenvalue weighted by atomic mass is 127. The van der Waals surface area contributed by atoms with Crippen molar-refractivity contribution in [3.05, 3.63) is 16.1 Å². The van der Waals surface area contributed by atoms with Gasteiger partial charge in [-0.3, -0.25) is 9.79 Å². The lowest BCUT2D eigenvalue weighted by molar-refractivity contribution is -0.143. The molecular weight excluding hydrogens is 427 g/mol. The van der Waals surface area contributed by atoms with Gasteiger partial charge in [0.2, 0.25) is 0 Å². The van der Waals surface area contributed by atoms with Crippen LogP contribution >= 0.6 is 35.3 Å². The molecule has 1 aromatic rings. The molecule has 0 bridgehead atoms. The highest BCUT2D eigenvalue weighted by Crippen LogP contribution is 2.07. The number of carbonyl (C=O) groups is 1. The lowest BCUT2D eigenvalue weighted by atomic mass is 10.3. The van der Waals surface area contributed by atoms with E-state index in [1.807, 2.05) is 20.8 Å². The number of nitrogens with one attached hydrogen (secondary N) is 2. The van der Waals surface area contributed by atoms with Gasteiger partial charge >= 0.3 is 5.97 Å². The predicted octanol–water partition coefficient (Wildman–Crippen LogP) is 2.51. The molecule has 0 fully saturated rings. The van der Waals surface area contributed by atoms with E-state index in [9.17, 15) is 4.79 Å². The molecule has 0 aromatic carbocycles. The van der Waals surface area contributed by atoms with Crippen molar-refractivity contribution in [3.8, 4) is 0 Å². The number of halogens is 1. The van der Waals surface area contributed by atoms with E-state index in [0.717, 1.165) is 36.2 Å². The minimum atomic E-state index is -0.158. The van der Waals surface area contributed by atoms with Gasteiger partial charge in [-0.1, -0.05) is 0 Å². The average molecular weight is 454 g/mol. The molecule has 23 heavy (non-hydrogen) atoms. The normalized spacial score (nSPS) is 10.8. The van der Waals surface area contributed by atoms with Crippen LogP contribution in [0.25, 0.3) is 0 Å². The molecule has 8 heteroatoms. The zero-order valence-electron chi connectivity index (χ0n) is 14.1. The quantitative estimate of drug-likeness (QED) is 0.197. The number of esters is 1. The first-order chi connectivity index (χ1) is 10.7. The first-order valence-electron chi connectivity index (χ1n) is 7.74. The second-order valence-electron chi connectivity index (χ2n) is 4.70. The molecule has 0 spiro atoms. The molecule has 0 atom stereocenters. The van der Waals surface area contributed by atoms with E-state index in [0.29, 0.717) is 26.0 Å². The molecule has 132 valence electrons. The lowest BCUT2D eigenvalue weighted by Gasteiger charge is -2.10. The third kappa shape index (κ3) is 10.5. The van der Waals surface area contributed by atoms with Crippen molar-refractivity contribution in [2.75, 3.05) is 26.2 Å². The Morgan fingerprint density at radius 3 is 2.78 bits per heavy atom. The summed E-state index contributed by atoms with van der Waals surface area (Å²) in [5.74, 6) is 0.618. The van der Waals surface area contributed by atoms with Crippen LogP contribution in [-0.4, -0.2) is 43.2 Å². The van der Waals surface area contributed by atoms with Gasteiger partial charge in [-0.2, -0.15) is 0 Å². The molecule has 0 aliphatic carbocycles. The van der Waals surface area contributed by atoms with E-state index < -0.39 is 0 Å². The Morgan fingerprint density at radius 1 is 1.39 bits per heavy atom. The summed E-state index contributed by atoms with van der Waals surface area (Å²) in [6, 6.07) is 0. The van der Waals surface area contributed by atoms with Crippen LogP contribution < -0.4 is 10.6 Å². The molecule has 0 aliphatic heterocycles. The smallest absolute Gasteiger partial charge is 0.305 e. The Morgan fingerprint density at radius 2 is 2.17 bits per heavy atom. The van der Waals surface area contributed by atoms with Crippen molar-refractivity contribution in [2.45, 2.75) is 40.0 Å². The molecule has 6 nitrogen and oxygen atoms in total. The van der Waals surface area contributed by atoms with Gasteiger partial charge in [-0.05, 0) is 27.2 Å². The standard InChI is InChI=1S/C15H26N4O2S.HI/c1-4-16-15(17-9-6-7-14(20)21-5-2)18-10-8-13-11-22-12(3)19-13;/h11H,4-10H2,1-3H3,(H2,16,17,18);1H. The van der Waals surface area contributed by atoms with Gasteiger partial charge in [0, 0.05) is 37.9 Å².